The predicted molar refractivity (Wildman–Crippen MR) is 67.3 cm³/mol. The average molecular weight is 227 g/mol. The number of carbonyl (C=O) groups is 1. The molecule has 0 saturated carbocycles. The van der Waals surface area contributed by atoms with Gasteiger partial charge in [0.15, 0.2) is 0 Å². The van der Waals surface area contributed by atoms with E-state index in [9.17, 15) is 4.79 Å². The first kappa shape index (κ1) is 15.2. The lowest BCUT2D eigenvalue weighted by Gasteiger charge is -2.23. The summed E-state index contributed by atoms with van der Waals surface area (Å²) in [5.74, 6) is 0.375. The second-order valence-corrected chi connectivity index (χ2v) is 4.17. The van der Waals surface area contributed by atoms with Crippen molar-refractivity contribution in [3.63, 3.8) is 0 Å². The fourth-order valence-corrected chi connectivity index (χ4v) is 1.44. The van der Waals surface area contributed by atoms with E-state index >= 15 is 0 Å². The number of carbonyl (C=O) groups excluding carboxylic acids is 1. The average Bonchev–Trinajstić information content (AvgIpc) is 2.27. The van der Waals surface area contributed by atoms with Gasteiger partial charge in [-0.3, -0.25) is 4.90 Å². The van der Waals surface area contributed by atoms with Gasteiger partial charge in [-0.05, 0) is 19.4 Å². The second-order valence-electron chi connectivity index (χ2n) is 4.17. The molecule has 0 bridgehead atoms. The van der Waals surface area contributed by atoms with Crippen LogP contribution in [0.3, 0.4) is 0 Å². The smallest absolute Gasteiger partial charge is 0.334 e. The number of hydrogen-bond donors (Lipinski definition) is 0. The first-order chi connectivity index (χ1) is 7.54. The van der Waals surface area contributed by atoms with Crippen LogP contribution in [0.2, 0.25) is 0 Å². The first-order valence-corrected chi connectivity index (χ1v) is 6.12. The minimum atomic E-state index is -0.273. The molecule has 0 aliphatic carbocycles. The molecule has 16 heavy (non-hydrogen) atoms. The molecule has 0 aromatic heterocycles. The summed E-state index contributed by atoms with van der Waals surface area (Å²) >= 11 is 0. The largest absolute Gasteiger partial charge is 0.463 e. The maximum Gasteiger partial charge on any atom is 0.334 e. The minimum absolute atomic E-state index is 0.273. The van der Waals surface area contributed by atoms with E-state index in [0.717, 1.165) is 19.5 Å². The van der Waals surface area contributed by atoms with Gasteiger partial charge in [0.2, 0.25) is 0 Å². The minimum Gasteiger partial charge on any atom is -0.463 e. The van der Waals surface area contributed by atoms with E-state index in [-0.39, 0.29) is 5.97 Å². The first-order valence-electron chi connectivity index (χ1n) is 6.12. The van der Waals surface area contributed by atoms with Crippen LogP contribution in [-0.4, -0.2) is 37.1 Å². The molecule has 0 radical (unpaired) electrons. The SMILES string of the molecule is C=C(CN(CC)CC(C)CC)C(=O)OCC. The summed E-state index contributed by atoms with van der Waals surface area (Å²) in [7, 11) is 0. The monoisotopic (exact) mass is 227 g/mol. The molecule has 0 N–H and O–H groups in total. The van der Waals surface area contributed by atoms with Gasteiger partial charge in [-0.25, -0.2) is 4.79 Å². The Kier molecular flexibility index (Phi) is 7.90. The molecule has 0 spiro atoms. The maximum atomic E-state index is 11.4. The molecule has 3 nitrogen and oxygen atoms in total. The van der Waals surface area contributed by atoms with Crippen LogP contribution in [0, 0.1) is 5.92 Å². The number of likely N-dealkylation sites (N-methyl/N-ethyl adjacent to an activating group) is 1. The van der Waals surface area contributed by atoms with Crippen LogP contribution < -0.4 is 0 Å². The molecule has 0 aliphatic heterocycles. The third-order valence-corrected chi connectivity index (χ3v) is 2.69. The van der Waals surface area contributed by atoms with E-state index in [1.54, 1.807) is 0 Å². The van der Waals surface area contributed by atoms with Crippen molar-refractivity contribution in [2.45, 2.75) is 34.1 Å². The van der Waals surface area contributed by atoms with Gasteiger partial charge >= 0.3 is 5.97 Å². The van der Waals surface area contributed by atoms with Gasteiger partial charge in [0.1, 0.15) is 0 Å². The van der Waals surface area contributed by atoms with Gasteiger partial charge in [0.25, 0.3) is 0 Å². The Labute approximate surface area is 99.5 Å². The van der Waals surface area contributed by atoms with Crippen LogP contribution in [0.25, 0.3) is 0 Å². The summed E-state index contributed by atoms with van der Waals surface area (Å²) in [6.45, 7) is 15.0. The molecule has 0 aliphatic rings. The molecule has 0 saturated heterocycles. The highest BCUT2D eigenvalue weighted by molar-refractivity contribution is 5.88. The fraction of sp³-hybridized carbons (Fsp3) is 0.769. The normalized spacial score (nSPS) is 12.6. The van der Waals surface area contributed by atoms with Crippen molar-refractivity contribution in [1.29, 1.82) is 0 Å². The zero-order valence-corrected chi connectivity index (χ0v) is 11.1. The molecule has 0 rings (SSSR count). The van der Waals surface area contributed by atoms with Gasteiger partial charge in [0, 0.05) is 18.7 Å². The lowest BCUT2D eigenvalue weighted by Crippen LogP contribution is -2.32. The van der Waals surface area contributed by atoms with Crippen molar-refractivity contribution in [1.82, 2.24) is 4.90 Å². The Balaban J connectivity index is 4.11. The molecule has 3 heteroatoms. The number of hydrogen-bond acceptors (Lipinski definition) is 3. The van der Waals surface area contributed by atoms with Gasteiger partial charge in [0.05, 0.1) is 6.61 Å². The summed E-state index contributed by atoms with van der Waals surface area (Å²) in [6, 6.07) is 0. The third-order valence-electron chi connectivity index (χ3n) is 2.69. The lowest BCUT2D eigenvalue weighted by atomic mass is 10.1. The van der Waals surface area contributed by atoms with Gasteiger partial charge in [-0.1, -0.05) is 33.8 Å². The van der Waals surface area contributed by atoms with Crippen LogP contribution in [-0.2, 0) is 9.53 Å². The summed E-state index contributed by atoms with van der Waals surface area (Å²) in [6.07, 6.45) is 1.16. The highest BCUT2D eigenvalue weighted by Crippen LogP contribution is 2.07. The van der Waals surface area contributed by atoms with E-state index in [2.05, 4.69) is 32.3 Å². The van der Waals surface area contributed by atoms with Gasteiger partial charge < -0.3 is 4.74 Å². The van der Waals surface area contributed by atoms with E-state index in [0.29, 0.717) is 24.6 Å². The zero-order chi connectivity index (χ0) is 12.6. The summed E-state index contributed by atoms with van der Waals surface area (Å²) in [5, 5.41) is 0. The van der Waals surface area contributed by atoms with Crippen molar-refractivity contribution in [2.75, 3.05) is 26.2 Å². The van der Waals surface area contributed by atoms with E-state index < -0.39 is 0 Å². The molecule has 1 unspecified atom stereocenters. The Morgan fingerprint density at radius 2 is 2.00 bits per heavy atom. The Morgan fingerprint density at radius 3 is 2.44 bits per heavy atom. The molecule has 94 valence electrons. The predicted octanol–water partition coefficient (Wildman–Crippen LogP) is 2.47. The van der Waals surface area contributed by atoms with Crippen LogP contribution in [0.1, 0.15) is 34.1 Å². The van der Waals surface area contributed by atoms with Crippen molar-refractivity contribution >= 4 is 5.97 Å². The summed E-state index contributed by atoms with van der Waals surface area (Å²) in [4.78, 5) is 13.6. The summed E-state index contributed by atoms with van der Waals surface area (Å²) < 4.78 is 4.92. The lowest BCUT2D eigenvalue weighted by molar-refractivity contribution is -0.138. The quantitative estimate of drug-likeness (QED) is 0.471. The Morgan fingerprint density at radius 1 is 1.38 bits per heavy atom. The molecule has 1 atom stereocenters. The highest BCUT2D eigenvalue weighted by Gasteiger charge is 2.13. The fourth-order valence-electron chi connectivity index (χ4n) is 1.44. The van der Waals surface area contributed by atoms with E-state index in [1.807, 2.05) is 6.92 Å². The number of rotatable bonds is 8. The maximum absolute atomic E-state index is 11.4. The topological polar surface area (TPSA) is 29.5 Å². The molecule has 0 aromatic rings. The van der Waals surface area contributed by atoms with Gasteiger partial charge in [-0.2, -0.15) is 0 Å². The van der Waals surface area contributed by atoms with Crippen molar-refractivity contribution in [2.24, 2.45) is 5.92 Å². The molecule has 0 heterocycles. The highest BCUT2D eigenvalue weighted by atomic mass is 16.5. The van der Waals surface area contributed by atoms with Crippen LogP contribution in [0.5, 0.6) is 0 Å². The van der Waals surface area contributed by atoms with Crippen molar-refractivity contribution in [3.05, 3.63) is 12.2 Å². The van der Waals surface area contributed by atoms with Crippen LogP contribution in [0.15, 0.2) is 12.2 Å². The molecule has 0 amide bonds. The third kappa shape index (κ3) is 5.91. The number of ether oxygens (including phenoxy) is 1. The number of nitrogens with zero attached hydrogens (tertiary/aromatic N) is 1. The number of esters is 1. The van der Waals surface area contributed by atoms with E-state index in [1.165, 1.54) is 0 Å². The zero-order valence-electron chi connectivity index (χ0n) is 11.1. The van der Waals surface area contributed by atoms with Crippen LogP contribution >= 0.6 is 0 Å². The molecular weight excluding hydrogens is 202 g/mol. The Hall–Kier alpha value is -0.830. The molecule has 0 aromatic carbocycles. The molecule has 0 fully saturated rings. The van der Waals surface area contributed by atoms with Crippen molar-refractivity contribution < 1.29 is 9.53 Å². The van der Waals surface area contributed by atoms with Gasteiger partial charge in [-0.15, -0.1) is 0 Å². The summed E-state index contributed by atoms with van der Waals surface area (Å²) in [5.41, 5.74) is 0.548. The van der Waals surface area contributed by atoms with Crippen LogP contribution in [0.4, 0.5) is 0 Å². The second kappa shape index (κ2) is 8.34. The molecular formula is C13H25NO2. The Bertz CT molecular complexity index is 226. The van der Waals surface area contributed by atoms with E-state index in [4.69, 9.17) is 4.74 Å². The van der Waals surface area contributed by atoms with Crippen molar-refractivity contribution in [3.8, 4) is 0 Å². The standard InChI is InChI=1S/C13H25NO2/c1-6-11(4)9-14(7-2)10-12(5)13(15)16-8-3/h11H,5-10H2,1-4H3.